The highest BCUT2D eigenvalue weighted by molar-refractivity contribution is 6.31. The predicted octanol–water partition coefficient (Wildman–Crippen LogP) is 8.26. The standard InChI is InChI=1S/C32H21ClN4/c33-27-19-25(24-14-9-17-34-21-24)18-26(20-27)28-15-7-8-16-29(28)32-36-30(22-10-3-1-4-11-22)35-31(37-32)23-12-5-2-6-13-23/h1-21H. The van der Waals surface area contributed by atoms with E-state index in [2.05, 4.69) is 17.1 Å². The van der Waals surface area contributed by atoms with Crippen molar-refractivity contribution in [3.8, 4) is 56.4 Å². The van der Waals surface area contributed by atoms with Crippen molar-refractivity contribution in [2.24, 2.45) is 0 Å². The second-order valence-corrected chi connectivity index (χ2v) is 8.99. The summed E-state index contributed by atoms with van der Waals surface area (Å²) in [4.78, 5) is 18.9. The Morgan fingerprint density at radius 3 is 1.59 bits per heavy atom. The lowest BCUT2D eigenvalue weighted by atomic mass is 9.96. The van der Waals surface area contributed by atoms with Gasteiger partial charge in [0.1, 0.15) is 0 Å². The molecule has 2 aromatic heterocycles. The van der Waals surface area contributed by atoms with Crippen LogP contribution in [0.3, 0.4) is 0 Å². The van der Waals surface area contributed by atoms with Gasteiger partial charge in [0.25, 0.3) is 0 Å². The van der Waals surface area contributed by atoms with Gasteiger partial charge in [-0.3, -0.25) is 4.98 Å². The van der Waals surface area contributed by atoms with Crippen LogP contribution < -0.4 is 0 Å². The lowest BCUT2D eigenvalue weighted by Crippen LogP contribution is -2.01. The van der Waals surface area contributed by atoms with E-state index in [4.69, 9.17) is 26.6 Å². The average Bonchev–Trinajstić information content (AvgIpc) is 2.98. The minimum atomic E-state index is 0.603. The summed E-state index contributed by atoms with van der Waals surface area (Å²) >= 11 is 6.60. The third-order valence-corrected chi connectivity index (χ3v) is 6.29. The molecule has 0 aliphatic heterocycles. The first-order valence-corrected chi connectivity index (χ1v) is 12.3. The molecule has 0 atom stereocenters. The smallest absolute Gasteiger partial charge is 0.164 e. The molecule has 6 aromatic rings. The maximum absolute atomic E-state index is 6.60. The van der Waals surface area contributed by atoms with E-state index in [1.54, 1.807) is 6.20 Å². The fourth-order valence-corrected chi connectivity index (χ4v) is 4.54. The molecule has 0 saturated heterocycles. The third-order valence-electron chi connectivity index (χ3n) is 6.07. The molecule has 176 valence electrons. The summed E-state index contributed by atoms with van der Waals surface area (Å²) in [7, 11) is 0. The van der Waals surface area contributed by atoms with Crippen LogP contribution in [0.4, 0.5) is 0 Å². The molecular formula is C32H21ClN4. The van der Waals surface area contributed by atoms with Gasteiger partial charge in [0.15, 0.2) is 17.5 Å². The maximum Gasteiger partial charge on any atom is 0.164 e. The Bertz CT molecular complexity index is 1610. The Morgan fingerprint density at radius 1 is 0.432 bits per heavy atom. The van der Waals surface area contributed by atoms with E-state index in [-0.39, 0.29) is 0 Å². The largest absolute Gasteiger partial charge is 0.264 e. The van der Waals surface area contributed by atoms with Crippen molar-refractivity contribution in [2.75, 3.05) is 0 Å². The summed E-state index contributed by atoms with van der Waals surface area (Å²) in [6, 6.07) is 38.1. The van der Waals surface area contributed by atoms with Crippen LogP contribution in [0.25, 0.3) is 56.4 Å². The van der Waals surface area contributed by atoms with Gasteiger partial charge in [-0.2, -0.15) is 0 Å². The molecule has 0 aliphatic carbocycles. The van der Waals surface area contributed by atoms with Crippen molar-refractivity contribution < 1.29 is 0 Å². The predicted molar refractivity (Wildman–Crippen MR) is 150 cm³/mol. The maximum atomic E-state index is 6.60. The van der Waals surface area contributed by atoms with E-state index in [0.29, 0.717) is 22.5 Å². The molecule has 6 rings (SSSR count). The topological polar surface area (TPSA) is 51.6 Å². The summed E-state index contributed by atoms with van der Waals surface area (Å²) in [5, 5.41) is 0.650. The second-order valence-electron chi connectivity index (χ2n) is 8.55. The Balaban J connectivity index is 1.54. The molecule has 5 heteroatoms. The van der Waals surface area contributed by atoms with Crippen molar-refractivity contribution in [3.63, 3.8) is 0 Å². The summed E-state index contributed by atoms with van der Waals surface area (Å²) < 4.78 is 0. The normalized spacial score (nSPS) is 10.8. The van der Waals surface area contributed by atoms with Gasteiger partial charge in [0, 0.05) is 39.7 Å². The third kappa shape index (κ3) is 4.88. The van der Waals surface area contributed by atoms with E-state index >= 15 is 0 Å². The summed E-state index contributed by atoms with van der Waals surface area (Å²) in [5.74, 6) is 1.86. The lowest BCUT2D eigenvalue weighted by Gasteiger charge is -2.13. The highest BCUT2D eigenvalue weighted by Gasteiger charge is 2.16. The van der Waals surface area contributed by atoms with E-state index < -0.39 is 0 Å². The van der Waals surface area contributed by atoms with Crippen molar-refractivity contribution in [3.05, 3.63) is 133 Å². The number of aromatic nitrogens is 4. The van der Waals surface area contributed by atoms with Gasteiger partial charge < -0.3 is 0 Å². The first-order valence-electron chi connectivity index (χ1n) is 11.9. The molecule has 0 bridgehead atoms. The van der Waals surface area contributed by atoms with Gasteiger partial charge >= 0.3 is 0 Å². The molecule has 4 nitrogen and oxygen atoms in total. The monoisotopic (exact) mass is 496 g/mol. The van der Waals surface area contributed by atoms with Crippen LogP contribution in [0, 0.1) is 0 Å². The Hall–Kier alpha value is -4.67. The molecule has 0 N–H and O–H groups in total. The highest BCUT2D eigenvalue weighted by Crippen LogP contribution is 2.36. The number of benzene rings is 4. The van der Waals surface area contributed by atoms with Crippen LogP contribution in [-0.2, 0) is 0 Å². The fraction of sp³-hybridized carbons (Fsp3) is 0. The lowest BCUT2D eigenvalue weighted by molar-refractivity contribution is 1.07. The quantitative estimate of drug-likeness (QED) is 0.241. The van der Waals surface area contributed by atoms with Crippen LogP contribution in [0.2, 0.25) is 5.02 Å². The molecule has 37 heavy (non-hydrogen) atoms. The summed E-state index contributed by atoms with van der Waals surface area (Å²) in [6.45, 7) is 0. The molecule has 0 radical (unpaired) electrons. The average molecular weight is 497 g/mol. The molecule has 0 saturated carbocycles. The molecule has 4 aromatic carbocycles. The Morgan fingerprint density at radius 2 is 0.973 bits per heavy atom. The van der Waals surface area contributed by atoms with E-state index in [0.717, 1.165) is 38.9 Å². The first-order chi connectivity index (χ1) is 18.2. The van der Waals surface area contributed by atoms with Crippen molar-refractivity contribution in [1.29, 1.82) is 0 Å². The molecule has 0 aliphatic rings. The minimum absolute atomic E-state index is 0.603. The zero-order valence-electron chi connectivity index (χ0n) is 19.8. The first kappa shape index (κ1) is 22.8. The number of halogens is 1. The van der Waals surface area contributed by atoms with E-state index in [1.165, 1.54) is 0 Å². The van der Waals surface area contributed by atoms with Crippen molar-refractivity contribution in [2.45, 2.75) is 0 Å². The van der Waals surface area contributed by atoms with Crippen LogP contribution >= 0.6 is 11.6 Å². The number of pyridine rings is 1. The number of hydrogen-bond acceptors (Lipinski definition) is 4. The molecule has 0 unspecified atom stereocenters. The molecule has 0 amide bonds. The van der Waals surface area contributed by atoms with E-state index in [9.17, 15) is 0 Å². The summed E-state index contributed by atoms with van der Waals surface area (Å²) in [5.41, 5.74) is 6.73. The molecule has 0 fully saturated rings. The molecule has 0 spiro atoms. The SMILES string of the molecule is Clc1cc(-c2cccnc2)cc(-c2ccccc2-c2nc(-c3ccccc3)nc(-c3ccccc3)n2)c1. The number of hydrogen-bond donors (Lipinski definition) is 0. The summed E-state index contributed by atoms with van der Waals surface area (Å²) in [6.07, 6.45) is 3.60. The van der Waals surface area contributed by atoms with Crippen LogP contribution in [0.5, 0.6) is 0 Å². The zero-order chi connectivity index (χ0) is 25.0. The zero-order valence-corrected chi connectivity index (χ0v) is 20.5. The second kappa shape index (κ2) is 10.1. The minimum Gasteiger partial charge on any atom is -0.264 e. The van der Waals surface area contributed by atoms with Gasteiger partial charge in [-0.05, 0) is 41.0 Å². The van der Waals surface area contributed by atoms with Crippen molar-refractivity contribution in [1.82, 2.24) is 19.9 Å². The van der Waals surface area contributed by atoms with Gasteiger partial charge in [-0.1, -0.05) is 103 Å². The van der Waals surface area contributed by atoms with Gasteiger partial charge in [0.05, 0.1) is 0 Å². The van der Waals surface area contributed by atoms with Crippen LogP contribution in [0.1, 0.15) is 0 Å². The molecule has 2 heterocycles. The number of nitrogens with zero attached hydrogens (tertiary/aromatic N) is 4. The van der Waals surface area contributed by atoms with Gasteiger partial charge in [-0.15, -0.1) is 0 Å². The van der Waals surface area contributed by atoms with Gasteiger partial charge in [0.2, 0.25) is 0 Å². The number of rotatable bonds is 5. The Kier molecular flexibility index (Phi) is 6.24. The van der Waals surface area contributed by atoms with Gasteiger partial charge in [-0.25, -0.2) is 15.0 Å². The molecular weight excluding hydrogens is 476 g/mol. The van der Waals surface area contributed by atoms with Crippen LogP contribution in [0.15, 0.2) is 128 Å². The van der Waals surface area contributed by atoms with E-state index in [1.807, 2.05) is 109 Å². The highest BCUT2D eigenvalue weighted by atomic mass is 35.5. The van der Waals surface area contributed by atoms with Crippen molar-refractivity contribution >= 4 is 11.6 Å². The Labute approximate surface area is 220 Å². The fourth-order valence-electron chi connectivity index (χ4n) is 4.30. The van der Waals surface area contributed by atoms with Crippen LogP contribution in [-0.4, -0.2) is 19.9 Å².